The number of nitrogens with one attached hydrogen (secondary N) is 2. The van der Waals surface area contributed by atoms with Crippen LogP contribution in [0.5, 0.6) is 0 Å². The molecule has 1 fully saturated rings. The number of aromatic nitrogens is 2. The van der Waals surface area contributed by atoms with Gasteiger partial charge in [0.1, 0.15) is 0 Å². The van der Waals surface area contributed by atoms with Crippen LogP contribution in [-0.4, -0.2) is 58.8 Å². The number of aliphatic imine (C=N–C) groups is 1. The van der Waals surface area contributed by atoms with Gasteiger partial charge >= 0.3 is 6.09 Å². The molecule has 0 unspecified atom stereocenters. The number of hydrogen-bond acceptors (Lipinski definition) is 4. The lowest BCUT2D eigenvalue weighted by atomic mass is 10.1. The fourth-order valence-electron chi connectivity index (χ4n) is 3.45. The smallest absolute Gasteiger partial charge is 0.409 e. The van der Waals surface area contributed by atoms with E-state index in [9.17, 15) is 4.79 Å². The van der Waals surface area contributed by atoms with Crippen molar-refractivity contribution in [1.82, 2.24) is 25.1 Å². The second-order valence-corrected chi connectivity index (χ2v) is 7.35. The molecule has 1 aromatic carbocycles. The minimum atomic E-state index is -0.215. The number of benzene rings is 1. The summed E-state index contributed by atoms with van der Waals surface area (Å²) in [6.45, 7) is 7.95. The third-order valence-electron chi connectivity index (χ3n) is 5.07. The highest BCUT2D eigenvalue weighted by atomic mass is 16.6. The summed E-state index contributed by atoms with van der Waals surface area (Å²) in [4.78, 5) is 22.4. The first-order valence-corrected chi connectivity index (χ1v) is 10.7. The lowest BCUT2D eigenvalue weighted by molar-refractivity contribution is 0.0963. The standard InChI is InChI=1S/C22H32N6O2/c1-3-24-21(26-20-9-12-28(13-10-20)22(29)30-4-2)25-15-18-5-7-19(8-6-18)16-27-14-11-23-17-27/h5-8,11,14,17,20H,3-4,9-10,12-13,15-16H2,1-2H3,(H2,24,25,26). The van der Waals surface area contributed by atoms with Crippen molar-refractivity contribution < 1.29 is 9.53 Å². The van der Waals surface area contributed by atoms with Gasteiger partial charge in [0.05, 0.1) is 19.5 Å². The van der Waals surface area contributed by atoms with Gasteiger partial charge in [-0.25, -0.2) is 14.8 Å². The van der Waals surface area contributed by atoms with E-state index in [1.54, 1.807) is 11.1 Å². The molecule has 1 saturated heterocycles. The third kappa shape index (κ3) is 6.50. The highest BCUT2D eigenvalue weighted by Gasteiger charge is 2.24. The summed E-state index contributed by atoms with van der Waals surface area (Å²) in [5, 5.41) is 6.83. The first-order chi connectivity index (χ1) is 14.7. The predicted octanol–water partition coefficient (Wildman–Crippen LogP) is 2.61. The van der Waals surface area contributed by atoms with Gasteiger partial charge in [-0.1, -0.05) is 24.3 Å². The Kier molecular flexibility index (Phi) is 8.11. The van der Waals surface area contributed by atoms with Gasteiger partial charge in [0.25, 0.3) is 0 Å². The molecule has 1 aromatic heterocycles. The quantitative estimate of drug-likeness (QED) is 0.540. The topological polar surface area (TPSA) is 83.8 Å². The van der Waals surface area contributed by atoms with Crippen LogP contribution in [-0.2, 0) is 17.8 Å². The van der Waals surface area contributed by atoms with Crippen molar-refractivity contribution in [2.24, 2.45) is 4.99 Å². The molecule has 0 radical (unpaired) electrons. The van der Waals surface area contributed by atoms with Crippen molar-refractivity contribution in [3.63, 3.8) is 0 Å². The zero-order valence-electron chi connectivity index (χ0n) is 17.9. The summed E-state index contributed by atoms with van der Waals surface area (Å²) in [5.41, 5.74) is 2.40. The number of hydrogen-bond donors (Lipinski definition) is 2. The van der Waals surface area contributed by atoms with Crippen molar-refractivity contribution in [3.8, 4) is 0 Å². The SMILES string of the molecule is CCNC(=NCc1ccc(Cn2ccnc2)cc1)NC1CCN(C(=O)OCC)CC1. The Morgan fingerprint density at radius 3 is 2.57 bits per heavy atom. The number of ether oxygens (including phenoxy) is 1. The fraction of sp³-hybridized carbons (Fsp3) is 0.500. The summed E-state index contributed by atoms with van der Waals surface area (Å²) < 4.78 is 7.14. The molecule has 2 aromatic rings. The molecule has 3 rings (SSSR count). The van der Waals surface area contributed by atoms with Gasteiger partial charge < -0.3 is 24.8 Å². The Hall–Kier alpha value is -3.03. The van der Waals surface area contributed by atoms with Crippen LogP contribution in [0.2, 0.25) is 0 Å². The second kappa shape index (κ2) is 11.2. The number of nitrogens with zero attached hydrogens (tertiary/aromatic N) is 4. The summed E-state index contributed by atoms with van der Waals surface area (Å²) in [6, 6.07) is 8.81. The largest absolute Gasteiger partial charge is 0.450 e. The molecule has 0 spiro atoms. The van der Waals surface area contributed by atoms with Gasteiger partial charge in [-0.15, -0.1) is 0 Å². The second-order valence-electron chi connectivity index (χ2n) is 7.35. The van der Waals surface area contributed by atoms with Gasteiger partial charge in [0.15, 0.2) is 5.96 Å². The number of carbonyl (C=O) groups is 1. The molecule has 0 atom stereocenters. The van der Waals surface area contributed by atoms with Crippen molar-refractivity contribution >= 4 is 12.1 Å². The molecule has 2 heterocycles. The lowest BCUT2D eigenvalue weighted by Gasteiger charge is -2.32. The summed E-state index contributed by atoms with van der Waals surface area (Å²) in [7, 11) is 0. The van der Waals surface area contributed by atoms with Crippen LogP contribution >= 0.6 is 0 Å². The molecule has 8 heteroatoms. The number of amides is 1. The lowest BCUT2D eigenvalue weighted by Crippen LogP contribution is -2.49. The molecule has 0 aliphatic carbocycles. The van der Waals surface area contributed by atoms with Crippen LogP contribution in [0.25, 0.3) is 0 Å². The molecule has 0 saturated carbocycles. The average Bonchev–Trinajstić information content (AvgIpc) is 3.27. The molecule has 8 nitrogen and oxygen atoms in total. The molecule has 1 amide bonds. The van der Waals surface area contributed by atoms with E-state index in [0.717, 1.165) is 31.9 Å². The van der Waals surface area contributed by atoms with Crippen LogP contribution in [0.3, 0.4) is 0 Å². The maximum Gasteiger partial charge on any atom is 0.409 e. The number of carbonyl (C=O) groups excluding carboxylic acids is 1. The molecule has 1 aliphatic heterocycles. The van der Waals surface area contributed by atoms with Gasteiger partial charge in [0, 0.05) is 44.6 Å². The first-order valence-electron chi connectivity index (χ1n) is 10.7. The van der Waals surface area contributed by atoms with E-state index in [4.69, 9.17) is 9.73 Å². The molecule has 1 aliphatic rings. The van der Waals surface area contributed by atoms with Gasteiger partial charge in [-0.3, -0.25) is 0 Å². The first kappa shape index (κ1) is 21.7. The monoisotopic (exact) mass is 412 g/mol. The zero-order chi connectivity index (χ0) is 21.2. The van der Waals surface area contributed by atoms with Crippen molar-refractivity contribution in [2.75, 3.05) is 26.2 Å². The minimum absolute atomic E-state index is 0.215. The molecule has 162 valence electrons. The highest BCUT2D eigenvalue weighted by molar-refractivity contribution is 5.80. The van der Waals surface area contributed by atoms with E-state index in [-0.39, 0.29) is 6.09 Å². The Bertz CT molecular complexity index is 796. The van der Waals surface area contributed by atoms with Crippen LogP contribution in [0, 0.1) is 0 Å². The Morgan fingerprint density at radius 2 is 1.93 bits per heavy atom. The van der Waals surface area contributed by atoms with Gasteiger partial charge in [0.2, 0.25) is 0 Å². The van der Waals surface area contributed by atoms with Crippen LogP contribution in [0.15, 0.2) is 48.0 Å². The van der Waals surface area contributed by atoms with Gasteiger partial charge in [-0.2, -0.15) is 0 Å². The third-order valence-corrected chi connectivity index (χ3v) is 5.07. The van der Waals surface area contributed by atoms with E-state index in [2.05, 4.69) is 46.8 Å². The molecular weight excluding hydrogens is 380 g/mol. The number of imidazole rings is 1. The fourth-order valence-corrected chi connectivity index (χ4v) is 3.45. The van der Waals surface area contributed by atoms with Gasteiger partial charge in [-0.05, 0) is 37.8 Å². The molecular formula is C22H32N6O2. The maximum atomic E-state index is 11.8. The highest BCUT2D eigenvalue weighted by Crippen LogP contribution is 2.12. The van der Waals surface area contributed by atoms with Crippen molar-refractivity contribution in [2.45, 2.75) is 45.8 Å². The van der Waals surface area contributed by atoms with Crippen LogP contribution in [0.4, 0.5) is 4.79 Å². The normalized spacial score (nSPS) is 15.1. The Balaban J connectivity index is 1.50. The predicted molar refractivity (Wildman–Crippen MR) is 117 cm³/mol. The number of likely N-dealkylation sites (tertiary alicyclic amines) is 1. The van der Waals surface area contributed by atoms with Crippen molar-refractivity contribution in [1.29, 1.82) is 0 Å². The maximum absolute atomic E-state index is 11.8. The van der Waals surface area contributed by atoms with Crippen LogP contribution in [0.1, 0.15) is 37.8 Å². The van der Waals surface area contributed by atoms with E-state index < -0.39 is 0 Å². The van der Waals surface area contributed by atoms with E-state index in [0.29, 0.717) is 32.3 Å². The zero-order valence-corrected chi connectivity index (χ0v) is 17.9. The minimum Gasteiger partial charge on any atom is -0.450 e. The summed E-state index contributed by atoms with van der Waals surface area (Å²) >= 11 is 0. The number of guanidine groups is 1. The summed E-state index contributed by atoms with van der Waals surface area (Å²) in [5.74, 6) is 0.814. The van der Waals surface area contributed by atoms with E-state index in [1.807, 2.05) is 24.0 Å². The molecule has 30 heavy (non-hydrogen) atoms. The molecule has 0 bridgehead atoms. The number of rotatable bonds is 7. The summed E-state index contributed by atoms with van der Waals surface area (Å²) in [6.07, 6.45) is 7.12. The molecule has 2 N–H and O–H groups in total. The van der Waals surface area contributed by atoms with E-state index in [1.165, 1.54) is 11.1 Å². The van der Waals surface area contributed by atoms with E-state index >= 15 is 0 Å². The van der Waals surface area contributed by atoms with Crippen LogP contribution < -0.4 is 10.6 Å². The number of piperidine rings is 1. The van der Waals surface area contributed by atoms with Crippen molar-refractivity contribution in [3.05, 3.63) is 54.1 Å². The average molecular weight is 413 g/mol. The Labute approximate surface area is 178 Å². The Morgan fingerprint density at radius 1 is 1.20 bits per heavy atom.